The predicted molar refractivity (Wildman–Crippen MR) is 39.1 cm³/mol. The maximum Gasteiger partial charge on any atom is 0.272 e. The van der Waals surface area contributed by atoms with Crippen LogP contribution in [0, 0.1) is 17.1 Å². The Hall–Kier alpha value is -1.47. The summed E-state index contributed by atoms with van der Waals surface area (Å²) < 4.78 is 12.7. The molecule has 0 saturated heterocycles. The molecule has 5 heteroatoms. The lowest BCUT2D eigenvalue weighted by Crippen LogP contribution is -2.00. The smallest absolute Gasteiger partial charge is 0.272 e. The van der Waals surface area contributed by atoms with Gasteiger partial charge in [0.05, 0.1) is 0 Å². The molecule has 1 aromatic rings. The minimum Gasteiger partial charge on any atom is -0.274 e. The minimum atomic E-state index is -0.939. The standard InChI is InChI=1S/C7H2ClFN2O/c8-7(12)6-4(3-10)5(9)1-2-11-6/h1-2H. The van der Waals surface area contributed by atoms with Crippen LogP contribution in [0.5, 0.6) is 0 Å². The van der Waals surface area contributed by atoms with E-state index in [1.807, 2.05) is 0 Å². The van der Waals surface area contributed by atoms with Gasteiger partial charge < -0.3 is 0 Å². The molecule has 1 aromatic heterocycles. The lowest BCUT2D eigenvalue weighted by Gasteiger charge is -1.95. The van der Waals surface area contributed by atoms with Gasteiger partial charge in [0.1, 0.15) is 23.1 Å². The molecule has 0 saturated carbocycles. The van der Waals surface area contributed by atoms with Crippen LogP contribution >= 0.6 is 11.6 Å². The van der Waals surface area contributed by atoms with Gasteiger partial charge in [-0.1, -0.05) is 0 Å². The highest BCUT2D eigenvalue weighted by molar-refractivity contribution is 6.67. The van der Waals surface area contributed by atoms with Crippen molar-refractivity contribution in [2.75, 3.05) is 0 Å². The Balaban J connectivity index is 3.40. The van der Waals surface area contributed by atoms with Gasteiger partial charge in [0.15, 0.2) is 0 Å². The monoisotopic (exact) mass is 184 g/mol. The summed E-state index contributed by atoms with van der Waals surface area (Å²) in [6, 6.07) is 2.49. The molecule has 0 fully saturated rings. The van der Waals surface area contributed by atoms with Gasteiger partial charge in [0, 0.05) is 6.20 Å². The van der Waals surface area contributed by atoms with Crippen LogP contribution < -0.4 is 0 Å². The van der Waals surface area contributed by atoms with Gasteiger partial charge in [-0.15, -0.1) is 0 Å². The van der Waals surface area contributed by atoms with Gasteiger partial charge in [-0.05, 0) is 17.7 Å². The lowest BCUT2D eigenvalue weighted by atomic mass is 10.2. The third-order valence-corrected chi connectivity index (χ3v) is 1.38. The number of rotatable bonds is 1. The number of aromatic nitrogens is 1. The second-order valence-electron chi connectivity index (χ2n) is 1.90. The van der Waals surface area contributed by atoms with Gasteiger partial charge in [0.2, 0.25) is 0 Å². The Bertz CT molecular complexity index is 372. The van der Waals surface area contributed by atoms with Gasteiger partial charge in [-0.2, -0.15) is 5.26 Å². The van der Waals surface area contributed by atoms with E-state index in [0.717, 1.165) is 12.3 Å². The van der Waals surface area contributed by atoms with Gasteiger partial charge in [0.25, 0.3) is 5.24 Å². The maximum absolute atomic E-state index is 12.7. The molecule has 1 rings (SSSR count). The molecule has 0 aliphatic rings. The molecule has 0 spiro atoms. The van der Waals surface area contributed by atoms with Crippen molar-refractivity contribution in [3.05, 3.63) is 29.3 Å². The molecule has 0 bridgehead atoms. The van der Waals surface area contributed by atoms with E-state index in [1.54, 1.807) is 0 Å². The summed E-state index contributed by atoms with van der Waals surface area (Å²) in [5, 5.41) is 7.47. The molecule has 0 unspecified atom stereocenters. The second kappa shape index (κ2) is 3.28. The molecule has 0 aromatic carbocycles. The molecule has 3 nitrogen and oxygen atoms in total. The normalized spacial score (nSPS) is 9.08. The van der Waals surface area contributed by atoms with E-state index in [-0.39, 0.29) is 5.69 Å². The number of carbonyl (C=O) groups is 1. The highest BCUT2D eigenvalue weighted by Gasteiger charge is 2.13. The number of pyridine rings is 1. The highest BCUT2D eigenvalue weighted by Crippen LogP contribution is 2.11. The van der Waals surface area contributed by atoms with Crippen LogP contribution in [-0.2, 0) is 0 Å². The zero-order valence-corrected chi connectivity index (χ0v) is 6.47. The largest absolute Gasteiger partial charge is 0.274 e. The van der Waals surface area contributed by atoms with Crippen LogP contribution in [0.3, 0.4) is 0 Å². The maximum atomic E-state index is 12.7. The highest BCUT2D eigenvalue weighted by atomic mass is 35.5. The number of halogens is 2. The number of hydrogen-bond donors (Lipinski definition) is 0. The van der Waals surface area contributed by atoms with Crippen LogP contribution in [0.25, 0.3) is 0 Å². The minimum absolute atomic E-state index is 0.348. The fourth-order valence-electron chi connectivity index (χ4n) is 0.694. The van der Waals surface area contributed by atoms with Crippen LogP contribution in [-0.4, -0.2) is 10.2 Å². The molecule has 12 heavy (non-hydrogen) atoms. The molecule has 1 heterocycles. The van der Waals surface area contributed by atoms with Crippen LogP contribution in [0.1, 0.15) is 16.1 Å². The van der Waals surface area contributed by atoms with Crippen molar-refractivity contribution in [2.24, 2.45) is 0 Å². The zero-order valence-electron chi connectivity index (χ0n) is 5.71. The molecule has 0 atom stereocenters. The van der Waals surface area contributed by atoms with Gasteiger partial charge in [-0.25, -0.2) is 4.39 Å². The van der Waals surface area contributed by atoms with Crippen molar-refractivity contribution in [2.45, 2.75) is 0 Å². The molecular weight excluding hydrogens is 183 g/mol. The average molecular weight is 185 g/mol. The van der Waals surface area contributed by atoms with E-state index in [9.17, 15) is 9.18 Å². The van der Waals surface area contributed by atoms with Gasteiger partial charge >= 0.3 is 0 Å². The van der Waals surface area contributed by atoms with E-state index in [4.69, 9.17) is 16.9 Å². The van der Waals surface area contributed by atoms with E-state index >= 15 is 0 Å². The molecule has 0 aliphatic carbocycles. The zero-order chi connectivity index (χ0) is 9.14. The third kappa shape index (κ3) is 1.41. The topological polar surface area (TPSA) is 53.8 Å². The number of nitriles is 1. The van der Waals surface area contributed by atoms with Gasteiger partial charge in [-0.3, -0.25) is 9.78 Å². The Kier molecular flexibility index (Phi) is 2.36. The van der Waals surface area contributed by atoms with Crippen molar-refractivity contribution in [1.29, 1.82) is 5.26 Å². The van der Waals surface area contributed by atoms with E-state index in [2.05, 4.69) is 4.98 Å². The van der Waals surface area contributed by atoms with Crippen LogP contribution in [0.2, 0.25) is 0 Å². The first kappa shape index (κ1) is 8.62. The summed E-state index contributed by atoms with van der Waals surface area (Å²) in [5.74, 6) is -0.795. The van der Waals surface area contributed by atoms with Crippen molar-refractivity contribution < 1.29 is 9.18 Å². The van der Waals surface area contributed by atoms with Crippen molar-refractivity contribution in [1.82, 2.24) is 4.98 Å². The number of hydrogen-bond acceptors (Lipinski definition) is 3. The number of nitrogens with zero attached hydrogens (tertiary/aromatic N) is 2. The predicted octanol–water partition coefficient (Wildman–Crippen LogP) is 1.47. The Morgan fingerprint density at radius 2 is 2.42 bits per heavy atom. The summed E-state index contributed by atoms with van der Waals surface area (Å²) in [7, 11) is 0. The summed E-state index contributed by atoms with van der Waals surface area (Å²) in [6.45, 7) is 0. The Morgan fingerprint density at radius 3 is 2.83 bits per heavy atom. The fourth-order valence-corrected chi connectivity index (χ4v) is 0.837. The third-order valence-electron chi connectivity index (χ3n) is 1.20. The summed E-state index contributed by atoms with van der Waals surface area (Å²) in [5.41, 5.74) is -0.767. The SMILES string of the molecule is N#Cc1c(F)ccnc1C(=O)Cl. The van der Waals surface area contributed by atoms with Crippen molar-refractivity contribution in [3.8, 4) is 6.07 Å². The van der Waals surface area contributed by atoms with Crippen molar-refractivity contribution >= 4 is 16.8 Å². The first-order valence-electron chi connectivity index (χ1n) is 2.91. The first-order chi connectivity index (χ1) is 5.66. The summed E-state index contributed by atoms with van der Waals surface area (Å²) in [4.78, 5) is 14.0. The first-order valence-corrected chi connectivity index (χ1v) is 3.29. The van der Waals surface area contributed by atoms with Crippen molar-refractivity contribution in [3.63, 3.8) is 0 Å². The van der Waals surface area contributed by atoms with E-state index in [0.29, 0.717) is 0 Å². The molecule has 0 N–H and O–H groups in total. The quantitative estimate of drug-likeness (QED) is 0.621. The summed E-state index contributed by atoms with van der Waals surface area (Å²) >= 11 is 5.04. The molecule has 0 radical (unpaired) electrons. The lowest BCUT2D eigenvalue weighted by molar-refractivity contribution is 0.107. The molecule has 60 valence electrons. The number of carbonyl (C=O) groups excluding carboxylic acids is 1. The molecule has 0 aliphatic heterocycles. The average Bonchev–Trinajstić information content (AvgIpc) is 2.03. The second-order valence-corrected chi connectivity index (χ2v) is 2.25. The Morgan fingerprint density at radius 1 is 1.75 bits per heavy atom. The van der Waals surface area contributed by atoms with E-state index in [1.165, 1.54) is 6.07 Å². The Labute approximate surface area is 72.4 Å². The van der Waals surface area contributed by atoms with E-state index < -0.39 is 16.6 Å². The summed E-state index contributed by atoms with van der Waals surface area (Å²) in [6.07, 6.45) is 1.08. The van der Waals surface area contributed by atoms with Crippen LogP contribution in [0.15, 0.2) is 12.3 Å². The fraction of sp³-hybridized carbons (Fsp3) is 0. The molecule has 0 amide bonds. The molecular formula is C7H2ClFN2O. The van der Waals surface area contributed by atoms with Crippen LogP contribution in [0.4, 0.5) is 4.39 Å².